The first kappa shape index (κ1) is 20.7. The first-order chi connectivity index (χ1) is 12.8. The summed E-state index contributed by atoms with van der Waals surface area (Å²) in [6.45, 7) is 13.3. The highest BCUT2D eigenvalue weighted by Gasteiger charge is 2.15. The molecule has 0 fully saturated rings. The highest BCUT2D eigenvalue weighted by molar-refractivity contribution is 14.1. The van der Waals surface area contributed by atoms with Crippen molar-refractivity contribution in [2.24, 2.45) is 5.92 Å². The van der Waals surface area contributed by atoms with Gasteiger partial charge in [0.05, 0.1) is 0 Å². The third kappa shape index (κ3) is 5.29. The van der Waals surface area contributed by atoms with Gasteiger partial charge in [0.1, 0.15) is 0 Å². The van der Waals surface area contributed by atoms with E-state index in [1.165, 1.54) is 61.8 Å². The number of thioether (sulfide) groups is 1. The van der Waals surface area contributed by atoms with Gasteiger partial charge in [-0.2, -0.15) is 0 Å². The molecule has 1 aliphatic rings. The van der Waals surface area contributed by atoms with E-state index in [1.807, 2.05) is 0 Å². The van der Waals surface area contributed by atoms with E-state index in [9.17, 15) is 0 Å². The summed E-state index contributed by atoms with van der Waals surface area (Å²) in [6, 6.07) is 11.6. The average Bonchev–Trinajstić information content (AvgIpc) is 2.63. The van der Waals surface area contributed by atoms with Crippen molar-refractivity contribution in [2.75, 3.05) is 0 Å². The van der Waals surface area contributed by atoms with Gasteiger partial charge in [0.2, 0.25) is 0 Å². The molecule has 2 aromatic rings. The average molecular weight is 488 g/mol. The molecule has 0 spiro atoms. The molecule has 0 N–H and O–H groups in total. The van der Waals surface area contributed by atoms with Crippen molar-refractivity contribution in [3.8, 4) is 0 Å². The van der Waals surface area contributed by atoms with Gasteiger partial charge in [-0.05, 0) is 120 Å². The molecule has 0 nitrogen and oxygen atoms in total. The first-order valence-electron chi connectivity index (χ1n) is 9.72. The molecule has 2 aromatic carbocycles. The predicted octanol–water partition coefficient (Wildman–Crippen LogP) is 7.88. The van der Waals surface area contributed by atoms with Gasteiger partial charge in [-0.15, -0.1) is 0 Å². The normalized spacial score (nSPS) is 16.9. The van der Waals surface area contributed by atoms with E-state index in [0.29, 0.717) is 0 Å². The molecular formula is C25H29IS. The molecule has 1 aliphatic carbocycles. The van der Waals surface area contributed by atoms with Crippen LogP contribution >= 0.6 is 34.4 Å². The van der Waals surface area contributed by atoms with Crippen LogP contribution in [0.2, 0.25) is 0 Å². The molecule has 3 rings (SSSR count). The molecule has 0 bridgehead atoms. The number of aryl methyl sites for hydroxylation is 3. The zero-order valence-electron chi connectivity index (χ0n) is 16.9. The molecule has 0 saturated carbocycles. The van der Waals surface area contributed by atoms with E-state index in [1.54, 1.807) is 11.8 Å². The molecule has 1 unspecified atom stereocenters. The molecule has 0 aromatic heterocycles. The Morgan fingerprint density at radius 3 is 2.74 bits per heavy atom. The summed E-state index contributed by atoms with van der Waals surface area (Å²) in [7, 11) is 0. The Balaban J connectivity index is 1.67. The van der Waals surface area contributed by atoms with E-state index < -0.39 is 0 Å². The van der Waals surface area contributed by atoms with Crippen molar-refractivity contribution in [1.82, 2.24) is 0 Å². The summed E-state index contributed by atoms with van der Waals surface area (Å²) in [5.74, 6) is 0.802. The maximum Gasteiger partial charge on any atom is 0.0162 e. The highest BCUT2D eigenvalue weighted by atomic mass is 127. The van der Waals surface area contributed by atoms with Crippen LogP contribution in [0.4, 0.5) is 0 Å². The number of hydrogen-bond acceptors (Lipinski definition) is 1. The minimum Gasteiger partial charge on any atom is -0.0981 e. The van der Waals surface area contributed by atoms with E-state index in [2.05, 4.69) is 92.6 Å². The van der Waals surface area contributed by atoms with Gasteiger partial charge >= 0.3 is 0 Å². The van der Waals surface area contributed by atoms with Crippen molar-refractivity contribution in [1.29, 1.82) is 0 Å². The lowest BCUT2D eigenvalue weighted by Crippen LogP contribution is -2.11. The molecule has 0 saturated heterocycles. The topological polar surface area (TPSA) is 0 Å². The SMILES string of the molecule is C=C(S/C=C(\C)Cc1cc(C)c(I)cc1C)c1ccc2c(c1)CC(C)CC2. The Kier molecular flexibility index (Phi) is 6.91. The van der Waals surface area contributed by atoms with Gasteiger partial charge in [0.25, 0.3) is 0 Å². The fraction of sp³-hybridized carbons (Fsp3) is 0.360. The molecule has 2 heteroatoms. The zero-order chi connectivity index (χ0) is 19.6. The highest BCUT2D eigenvalue weighted by Crippen LogP contribution is 2.33. The molecule has 0 amide bonds. The van der Waals surface area contributed by atoms with Gasteiger partial charge in [-0.1, -0.05) is 55.1 Å². The molecule has 0 heterocycles. The number of halogens is 1. The van der Waals surface area contributed by atoms with Gasteiger partial charge in [-0.25, -0.2) is 0 Å². The van der Waals surface area contributed by atoms with Crippen LogP contribution < -0.4 is 0 Å². The van der Waals surface area contributed by atoms with Crippen LogP contribution in [0.5, 0.6) is 0 Å². The van der Waals surface area contributed by atoms with Crippen LogP contribution in [0.1, 0.15) is 53.6 Å². The van der Waals surface area contributed by atoms with Crippen molar-refractivity contribution in [3.05, 3.63) is 84.8 Å². The van der Waals surface area contributed by atoms with E-state index in [-0.39, 0.29) is 0 Å². The Bertz CT molecular complexity index is 891. The van der Waals surface area contributed by atoms with Crippen molar-refractivity contribution in [2.45, 2.75) is 53.4 Å². The minimum atomic E-state index is 0.802. The number of rotatable bonds is 5. The van der Waals surface area contributed by atoms with E-state index in [4.69, 9.17) is 0 Å². The Morgan fingerprint density at radius 2 is 1.96 bits per heavy atom. The number of benzene rings is 2. The van der Waals surface area contributed by atoms with Crippen LogP contribution in [0.3, 0.4) is 0 Å². The van der Waals surface area contributed by atoms with Crippen LogP contribution in [0, 0.1) is 23.3 Å². The fourth-order valence-corrected chi connectivity index (χ4v) is 5.04. The second kappa shape index (κ2) is 9.00. The maximum atomic E-state index is 4.33. The Hall–Kier alpha value is -1.00. The van der Waals surface area contributed by atoms with Gasteiger partial charge in [0, 0.05) is 8.48 Å². The number of fused-ring (bicyclic) bond motifs is 1. The van der Waals surface area contributed by atoms with Crippen molar-refractivity contribution >= 4 is 39.3 Å². The first-order valence-corrected chi connectivity index (χ1v) is 11.7. The number of allylic oxidation sites excluding steroid dienone is 1. The monoisotopic (exact) mass is 488 g/mol. The van der Waals surface area contributed by atoms with Gasteiger partial charge < -0.3 is 0 Å². The van der Waals surface area contributed by atoms with Crippen LogP contribution in [-0.2, 0) is 19.3 Å². The third-order valence-electron chi connectivity index (χ3n) is 5.49. The minimum absolute atomic E-state index is 0.802. The van der Waals surface area contributed by atoms with Crippen LogP contribution in [0.25, 0.3) is 4.91 Å². The Labute approximate surface area is 182 Å². The van der Waals surface area contributed by atoms with Gasteiger partial charge in [-0.3, -0.25) is 0 Å². The Morgan fingerprint density at radius 1 is 1.19 bits per heavy atom. The molecular weight excluding hydrogens is 459 g/mol. The fourth-order valence-electron chi connectivity index (χ4n) is 3.73. The standard InChI is InChI=1S/C25H29IS/c1-16-6-7-21-8-9-22(14-24(21)10-16)20(5)27-15-17(2)11-23-12-19(4)25(26)13-18(23)3/h8-9,12-16H,5-7,10-11H2,1-4H3/b17-15+. The molecule has 0 radical (unpaired) electrons. The zero-order valence-corrected chi connectivity index (χ0v) is 19.8. The van der Waals surface area contributed by atoms with Crippen molar-refractivity contribution in [3.63, 3.8) is 0 Å². The number of hydrogen-bond donors (Lipinski definition) is 0. The lowest BCUT2D eigenvalue weighted by Gasteiger charge is -2.22. The summed E-state index contributed by atoms with van der Waals surface area (Å²) in [6.07, 6.45) is 4.76. The lowest BCUT2D eigenvalue weighted by molar-refractivity contribution is 0.501. The summed E-state index contributed by atoms with van der Waals surface area (Å²) in [5.41, 5.74) is 9.89. The van der Waals surface area contributed by atoms with Crippen molar-refractivity contribution < 1.29 is 0 Å². The second-order valence-corrected chi connectivity index (χ2v) is 10.2. The molecule has 142 valence electrons. The third-order valence-corrected chi connectivity index (χ3v) is 7.69. The molecule has 0 aliphatic heterocycles. The lowest BCUT2D eigenvalue weighted by atomic mass is 9.84. The molecule has 1 atom stereocenters. The maximum absolute atomic E-state index is 4.33. The predicted molar refractivity (Wildman–Crippen MR) is 130 cm³/mol. The summed E-state index contributed by atoms with van der Waals surface area (Å²) < 4.78 is 1.35. The van der Waals surface area contributed by atoms with E-state index >= 15 is 0 Å². The quantitative estimate of drug-likeness (QED) is 0.386. The van der Waals surface area contributed by atoms with Crippen LogP contribution in [0.15, 0.2) is 47.9 Å². The van der Waals surface area contributed by atoms with E-state index in [0.717, 1.165) is 17.2 Å². The summed E-state index contributed by atoms with van der Waals surface area (Å²) in [4.78, 5) is 1.14. The largest absolute Gasteiger partial charge is 0.0981 e. The summed E-state index contributed by atoms with van der Waals surface area (Å²) >= 11 is 4.18. The summed E-state index contributed by atoms with van der Waals surface area (Å²) in [5, 5.41) is 2.27. The van der Waals surface area contributed by atoms with Gasteiger partial charge in [0.15, 0.2) is 0 Å². The second-order valence-electron chi connectivity index (χ2n) is 8.04. The molecule has 27 heavy (non-hydrogen) atoms. The smallest absolute Gasteiger partial charge is 0.0162 e. The van der Waals surface area contributed by atoms with Crippen LogP contribution in [-0.4, -0.2) is 0 Å².